The Balaban J connectivity index is 1.70. The minimum atomic E-state index is -1.93. The molecule has 3 heterocycles. The molecule has 0 unspecified atom stereocenters. The van der Waals surface area contributed by atoms with Gasteiger partial charge in [0.15, 0.2) is 18.9 Å². The van der Waals surface area contributed by atoms with E-state index in [0.29, 0.717) is 0 Å². The molecular weight excluding hydrogens is 472 g/mol. The fourth-order valence-electron chi connectivity index (χ4n) is 4.04. The minimum Gasteiger partial charge on any atom is -0.394 e. The van der Waals surface area contributed by atoms with Crippen LogP contribution in [0.4, 0.5) is 0 Å². The Hall–Kier alpha value is -0.640. The molecule has 0 aromatic rings. The van der Waals surface area contributed by atoms with E-state index in [-0.39, 0.29) is 0 Å². The Morgan fingerprint density at radius 2 is 0.853 bits per heavy atom. The molecule has 15 atom stereocenters. The fourth-order valence-corrected chi connectivity index (χ4v) is 4.04. The zero-order chi connectivity index (χ0) is 25.3. The molecule has 0 spiro atoms. The molecule has 3 fully saturated rings. The van der Waals surface area contributed by atoms with Gasteiger partial charge >= 0.3 is 0 Å². The van der Waals surface area contributed by atoms with Gasteiger partial charge in [-0.3, -0.25) is 0 Å². The van der Waals surface area contributed by atoms with E-state index in [1.54, 1.807) is 0 Å². The van der Waals surface area contributed by atoms with Crippen molar-refractivity contribution in [3.63, 3.8) is 0 Å². The van der Waals surface area contributed by atoms with Gasteiger partial charge in [-0.1, -0.05) is 0 Å². The average molecular weight is 504 g/mol. The molecule has 3 aliphatic heterocycles. The highest BCUT2D eigenvalue weighted by atomic mass is 16.8. The van der Waals surface area contributed by atoms with Crippen molar-refractivity contribution in [2.24, 2.45) is 0 Å². The largest absolute Gasteiger partial charge is 0.394 e. The fraction of sp³-hybridized carbons (Fsp3) is 1.00. The normalized spacial score (nSPS) is 52.5. The molecular formula is C18H32O16. The molecule has 3 aliphatic rings. The van der Waals surface area contributed by atoms with Gasteiger partial charge in [0.25, 0.3) is 0 Å². The number of aliphatic hydroxyl groups excluding tert-OH is 11. The van der Waals surface area contributed by atoms with Crippen LogP contribution < -0.4 is 0 Å². The molecule has 0 saturated carbocycles. The first-order valence-corrected chi connectivity index (χ1v) is 10.6. The van der Waals surface area contributed by atoms with Crippen LogP contribution in [0.1, 0.15) is 0 Å². The summed E-state index contributed by atoms with van der Waals surface area (Å²) in [5, 5.41) is 109. The quantitative estimate of drug-likeness (QED) is 0.154. The third-order valence-electron chi connectivity index (χ3n) is 6.09. The summed E-state index contributed by atoms with van der Waals surface area (Å²) >= 11 is 0. The lowest BCUT2D eigenvalue weighted by Gasteiger charge is -2.47. The van der Waals surface area contributed by atoms with Crippen LogP contribution in [0.15, 0.2) is 0 Å². The van der Waals surface area contributed by atoms with Crippen LogP contribution in [0.25, 0.3) is 0 Å². The van der Waals surface area contributed by atoms with Gasteiger partial charge in [0.05, 0.1) is 19.8 Å². The molecule has 0 aromatic heterocycles. The maximum atomic E-state index is 10.6. The van der Waals surface area contributed by atoms with Gasteiger partial charge in [0.1, 0.15) is 73.2 Å². The van der Waals surface area contributed by atoms with Gasteiger partial charge in [-0.05, 0) is 0 Å². The van der Waals surface area contributed by atoms with Gasteiger partial charge in [-0.25, -0.2) is 0 Å². The van der Waals surface area contributed by atoms with Crippen LogP contribution in [-0.2, 0) is 23.7 Å². The first kappa shape index (κ1) is 27.9. The molecule has 200 valence electrons. The van der Waals surface area contributed by atoms with Gasteiger partial charge in [0, 0.05) is 0 Å². The summed E-state index contributed by atoms with van der Waals surface area (Å²) in [4.78, 5) is 0. The topological polar surface area (TPSA) is 269 Å². The molecule has 11 N–H and O–H groups in total. The third kappa shape index (κ3) is 5.37. The average Bonchev–Trinajstić information content (AvgIpc) is 2.83. The van der Waals surface area contributed by atoms with E-state index in [1.165, 1.54) is 0 Å². The van der Waals surface area contributed by atoms with E-state index in [0.717, 1.165) is 0 Å². The number of hydrogen-bond donors (Lipinski definition) is 11. The van der Waals surface area contributed by atoms with Crippen molar-refractivity contribution in [3.05, 3.63) is 0 Å². The lowest BCUT2D eigenvalue weighted by molar-refractivity contribution is -0.381. The van der Waals surface area contributed by atoms with Crippen LogP contribution in [0.2, 0.25) is 0 Å². The van der Waals surface area contributed by atoms with Crippen molar-refractivity contribution in [3.8, 4) is 0 Å². The smallest absolute Gasteiger partial charge is 0.187 e. The summed E-state index contributed by atoms with van der Waals surface area (Å²) in [5.41, 5.74) is 0. The summed E-state index contributed by atoms with van der Waals surface area (Å²) in [6.45, 7) is -2.28. The molecule has 16 heteroatoms. The summed E-state index contributed by atoms with van der Waals surface area (Å²) in [6, 6.07) is 0. The Labute approximate surface area is 192 Å². The highest BCUT2D eigenvalue weighted by Crippen LogP contribution is 2.31. The molecule has 3 rings (SSSR count). The number of ether oxygens (including phenoxy) is 5. The van der Waals surface area contributed by atoms with E-state index in [1.807, 2.05) is 0 Å². The predicted molar refractivity (Wildman–Crippen MR) is 101 cm³/mol. The van der Waals surface area contributed by atoms with Gasteiger partial charge in [0.2, 0.25) is 0 Å². The molecule has 0 aliphatic carbocycles. The van der Waals surface area contributed by atoms with E-state index in [9.17, 15) is 51.1 Å². The Bertz CT molecular complexity index is 637. The first-order chi connectivity index (χ1) is 16.0. The molecule has 0 aromatic carbocycles. The van der Waals surface area contributed by atoms with E-state index >= 15 is 0 Å². The van der Waals surface area contributed by atoms with Crippen molar-refractivity contribution in [1.82, 2.24) is 0 Å². The highest BCUT2D eigenvalue weighted by Gasteiger charge is 2.53. The number of rotatable bonds is 7. The van der Waals surface area contributed by atoms with Crippen molar-refractivity contribution in [2.75, 3.05) is 19.8 Å². The number of aliphatic hydroxyl groups is 11. The number of hydrogen-bond acceptors (Lipinski definition) is 16. The zero-order valence-corrected chi connectivity index (χ0v) is 17.7. The summed E-state index contributed by atoms with van der Waals surface area (Å²) < 4.78 is 26.2. The van der Waals surface area contributed by atoms with Crippen LogP contribution in [0.3, 0.4) is 0 Å². The van der Waals surface area contributed by atoms with Crippen LogP contribution in [0, 0.1) is 0 Å². The Kier molecular flexibility index (Phi) is 9.54. The minimum absolute atomic E-state index is 0.715. The molecule has 34 heavy (non-hydrogen) atoms. The lowest BCUT2D eigenvalue weighted by atomic mass is 9.96. The Morgan fingerprint density at radius 3 is 1.41 bits per heavy atom. The third-order valence-corrected chi connectivity index (χ3v) is 6.09. The molecule has 3 saturated heterocycles. The second-order valence-corrected chi connectivity index (χ2v) is 8.33. The van der Waals surface area contributed by atoms with E-state index < -0.39 is 112 Å². The van der Waals surface area contributed by atoms with Crippen molar-refractivity contribution in [2.45, 2.75) is 92.1 Å². The summed E-state index contributed by atoms with van der Waals surface area (Å²) in [6.07, 6.45) is -25.2. The predicted octanol–water partition coefficient (Wildman–Crippen LogP) is -7.57. The molecule has 0 bridgehead atoms. The van der Waals surface area contributed by atoms with Crippen molar-refractivity contribution < 1.29 is 79.9 Å². The van der Waals surface area contributed by atoms with Crippen LogP contribution >= 0.6 is 0 Å². The van der Waals surface area contributed by atoms with Crippen LogP contribution in [-0.4, -0.2) is 168 Å². The zero-order valence-electron chi connectivity index (χ0n) is 17.7. The Morgan fingerprint density at radius 1 is 0.441 bits per heavy atom. The van der Waals surface area contributed by atoms with Crippen molar-refractivity contribution in [1.29, 1.82) is 0 Å². The molecule has 0 radical (unpaired) electrons. The van der Waals surface area contributed by atoms with Gasteiger partial charge in [-0.15, -0.1) is 0 Å². The van der Waals surface area contributed by atoms with E-state index in [4.69, 9.17) is 28.8 Å². The maximum absolute atomic E-state index is 10.6. The SMILES string of the molecule is OC[C@H]1O[C@@H](O[C@H]2[C@H](O)[C@@H](O)[C@H](O[C@@H]3[C@@H](O)[C@H](O)[C@@H](CO)O[C@H]3O)O[C@@H]2CO)[C@H](O)[C@@H](O)[C@@H]1O. The highest BCUT2D eigenvalue weighted by molar-refractivity contribution is 4.95. The second-order valence-electron chi connectivity index (χ2n) is 8.33. The van der Waals surface area contributed by atoms with Gasteiger partial charge in [-0.2, -0.15) is 0 Å². The van der Waals surface area contributed by atoms with Crippen LogP contribution in [0.5, 0.6) is 0 Å². The van der Waals surface area contributed by atoms with Gasteiger partial charge < -0.3 is 79.9 Å². The second kappa shape index (κ2) is 11.6. The summed E-state index contributed by atoms with van der Waals surface area (Å²) in [5.74, 6) is 0. The molecule has 0 amide bonds. The van der Waals surface area contributed by atoms with E-state index in [2.05, 4.69) is 0 Å². The lowest BCUT2D eigenvalue weighted by Crippen LogP contribution is -2.66. The molecule has 16 nitrogen and oxygen atoms in total. The summed E-state index contributed by atoms with van der Waals surface area (Å²) in [7, 11) is 0. The standard InChI is InChI=1S/C18H32O16/c19-1-4-8(23)10(25)15(16(29)30-4)34-18-13(28)11(26)14(6(3-21)32-18)33-17-12(27)9(24)7(22)5(2-20)31-17/h4-29H,1-3H2/t4-,5-,6-,7-,8-,9+,10+,11-,12-,13-,14-,15-,16-,17+,18+/m1/s1. The monoisotopic (exact) mass is 504 g/mol. The first-order valence-electron chi connectivity index (χ1n) is 10.6. The maximum Gasteiger partial charge on any atom is 0.187 e. The van der Waals surface area contributed by atoms with Crippen molar-refractivity contribution >= 4 is 0 Å².